The first-order valence-corrected chi connectivity index (χ1v) is 6.69. The first-order valence-electron chi connectivity index (χ1n) is 6.69. The molecular formula is C15H19N3O2. The van der Waals surface area contributed by atoms with E-state index in [-0.39, 0.29) is 5.69 Å². The number of benzene rings is 1. The van der Waals surface area contributed by atoms with E-state index in [9.17, 15) is 4.79 Å². The van der Waals surface area contributed by atoms with Crippen LogP contribution in [0.3, 0.4) is 0 Å². The predicted octanol–water partition coefficient (Wildman–Crippen LogP) is 2.50. The number of nitrogen functional groups attached to an aromatic ring is 1. The fourth-order valence-corrected chi connectivity index (χ4v) is 2.11. The van der Waals surface area contributed by atoms with Gasteiger partial charge in [0.25, 0.3) is 0 Å². The van der Waals surface area contributed by atoms with Crippen molar-refractivity contribution in [2.45, 2.75) is 27.2 Å². The van der Waals surface area contributed by atoms with E-state index in [1.54, 1.807) is 11.5 Å². The number of hydrogen-bond donors (Lipinski definition) is 1. The van der Waals surface area contributed by atoms with E-state index in [0.717, 1.165) is 12.1 Å². The quantitative estimate of drug-likeness (QED) is 0.869. The number of nitrogens with two attached hydrogens (primary N) is 1. The summed E-state index contributed by atoms with van der Waals surface area (Å²) in [6.45, 7) is 5.97. The summed E-state index contributed by atoms with van der Waals surface area (Å²) in [5.74, 6) is 0.483. The van der Waals surface area contributed by atoms with Crippen LogP contribution >= 0.6 is 0 Å². The van der Waals surface area contributed by atoms with Crippen LogP contribution in [0.1, 0.15) is 35.7 Å². The van der Waals surface area contributed by atoms with Gasteiger partial charge in [-0.1, -0.05) is 19.1 Å². The molecule has 0 fully saturated rings. The van der Waals surface area contributed by atoms with Crippen molar-refractivity contribution in [2.75, 3.05) is 12.3 Å². The molecule has 5 nitrogen and oxygen atoms in total. The first-order chi connectivity index (χ1) is 9.58. The van der Waals surface area contributed by atoms with Crippen molar-refractivity contribution < 1.29 is 9.53 Å². The molecule has 0 aliphatic carbocycles. The highest BCUT2D eigenvalue weighted by Gasteiger charge is 2.20. The van der Waals surface area contributed by atoms with Crippen LogP contribution in [-0.4, -0.2) is 22.1 Å². The number of carbonyl (C=O) groups is 1. The van der Waals surface area contributed by atoms with Gasteiger partial charge in [0, 0.05) is 5.69 Å². The van der Waals surface area contributed by atoms with Crippen LogP contribution in [0.5, 0.6) is 0 Å². The number of ether oxygens (including phenoxy) is 1. The van der Waals surface area contributed by atoms with Gasteiger partial charge in [0.1, 0.15) is 11.6 Å². The van der Waals surface area contributed by atoms with Crippen molar-refractivity contribution in [1.82, 2.24) is 9.55 Å². The molecule has 0 radical (unpaired) electrons. The highest BCUT2D eigenvalue weighted by atomic mass is 16.5. The van der Waals surface area contributed by atoms with Crippen molar-refractivity contribution in [3.8, 4) is 5.69 Å². The number of carbonyl (C=O) groups excluding carboxylic acids is 1. The second kappa shape index (κ2) is 5.77. The fraction of sp³-hybridized carbons (Fsp3) is 0.333. The molecule has 5 heteroatoms. The molecule has 0 atom stereocenters. The predicted molar refractivity (Wildman–Crippen MR) is 78.0 cm³/mol. The monoisotopic (exact) mass is 273 g/mol. The molecule has 0 amide bonds. The molecule has 106 valence electrons. The Bertz CT molecular complexity index is 615. The molecule has 1 aromatic carbocycles. The molecule has 0 unspecified atom stereocenters. The van der Waals surface area contributed by atoms with E-state index in [1.165, 1.54) is 5.56 Å². The number of anilines is 1. The zero-order chi connectivity index (χ0) is 14.7. The SMILES string of the molecule is CCOC(=O)c1nc(C)n(-c2ccc(CC)cc2)c1N. The Labute approximate surface area is 118 Å². The summed E-state index contributed by atoms with van der Waals surface area (Å²) in [5.41, 5.74) is 8.34. The molecule has 0 saturated heterocycles. The molecule has 0 saturated carbocycles. The van der Waals surface area contributed by atoms with Gasteiger partial charge in [-0.05, 0) is 38.0 Å². The maximum atomic E-state index is 11.8. The first kappa shape index (κ1) is 14.1. The Morgan fingerprint density at radius 3 is 2.50 bits per heavy atom. The van der Waals surface area contributed by atoms with E-state index in [4.69, 9.17) is 10.5 Å². The average molecular weight is 273 g/mol. The molecule has 1 heterocycles. The Balaban J connectivity index is 2.43. The topological polar surface area (TPSA) is 70.1 Å². The summed E-state index contributed by atoms with van der Waals surface area (Å²) in [6, 6.07) is 8.02. The van der Waals surface area contributed by atoms with Crippen LogP contribution in [0.15, 0.2) is 24.3 Å². The summed E-state index contributed by atoms with van der Waals surface area (Å²) in [5, 5.41) is 0. The van der Waals surface area contributed by atoms with Gasteiger partial charge < -0.3 is 10.5 Å². The van der Waals surface area contributed by atoms with Crippen molar-refractivity contribution >= 4 is 11.8 Å². The number of hydrogen-bond acceptors (Lipinski definition) is 4. The van der Waals surface area contributed by atoms with E-state index in [0.29, 0.717) is 18.2 Å². The van der Waals surface area contributed by atoms with Crippen LogP contribution in [0.25, 0.3) is 5.69 Å². The summed E-state index contributed by atoms with van der Waals surface area (Å²) >= 11 is 0. The van der Waals surface area contributed by atoms with E-state index in [1.807, 2.05) is 31.2 Å². The minimum atomic E-state index is -0.489. The zero-order valence-corrected chi connectivity index (χ0v) is 12.0. The highest BCUT2D eigenvalue weighted by Crippen LogP contribution is 2.21. The second-order valence-electron chi connectivity index (χ2n) is 4.47. The number of esters is 1. The van der Waals surface area contributed by atoms with Gasteiger partial charge >= 0.3 is 5.97 Å². The summed E-state index contributed by atoms with van der Waals surface area (Å²) in [6.07, 6.45) is 0.979. The molecule has 2 aromatic rings. The largest absolute Gasteiger partial charge is 0.461 e. The third-order valence-corrected chi connectivity index (χ3v) is 3.15. The highest BCUT2D eigenvalue weighted by molar-refractivity contribution is 5.92. The fourth-order valence-electron chi connectivity index (χ4n) is 2.11. The van der Waals surface area contributed by atoms with Crippen LogP contribution in [0, 0.1) is 6.92 Å². The minimum Gasteiger partial charge on any atom is -0.461 e. The number of aryl methyl sites for hydroxylation is 2. The van der Waals surface area contributed by atoms with Gasteiger partial charge in [-0.25, -0.2) is 9.78 Å². The normalized spacial score (nSPS) is 10.6. The molecule has 2 N–H and O–H groups in total. The molecule has 1 aromatic heterocycles. The number of nitrogens with zero attached hydrogens (tertiary/aromatic N) is 2. The van der Waals surface area contributed by atoms with Gasteiger partial charge in [0.05, 0.1) is 6.61 Å². The van der Waals surface area contributed by atoms with Crippen LogP contribution in [-0.2, 0) is 11.2 Å². The van der Waals surface area contributed by atoms with Crippen LogP contribution in [0.4, 0.5) is 5.82 Å². The Kier molecular flexibility index (Phi) is 4.08. The number of imidazole rings is 1. The molecule has 20 heavy (non-hydrogen) atoms. The summed E-state index contributed by atoms with van der Waals surface area (Å²) in [4.78, 5) is 16.0. The van der Waals surface area contributed by atoms with Crippen molar-refractivity contribution in [3.63, 3.8) is 0 Å². The van der Waals surface area contributed by atoms with Gasteiger partial charge in [0.2, 0.25) is 0 Å². The Hall–Kier alpha value is -2.30. The molecule has 0 aliphatic rings. The zero-order valence-electron chi connectivity index (χ0n) is 12.0. The van der Waals surface area contributed by atoms with Gasteiger partial charge in [-0.2, -0.15) is 0 Å². The summed E-state index contributed by atoms with van der Waals surface area (Å²) in [7, 11) is 0. The smallest absolute Gasteiger partial charge is 0.360 e. The summed E-state index contributed by atoms with van der Waals surface area (Å²) < 4.78 is 6.71. The maximum Gasteiger partial charge on any atom is 0.360 e. The van der Waals surface area contributed by atoms with Gasteiger partial charge in [-0.3, -0.25) is 4.57 Å². The molecule has 0 bridgehead atoms. The lowest BCUT2D eigenvalue weighted by Crippen LogP contribution is -2.09. The lowest BCUT2D eigenvalue weighted by molar-refractivity contribution is 0.0521. The van der Waals surface area contributed by atoms with Crippen molar-refractivity contribution in [3.05, 3.63) is 41.3 Å². The molecule has 0 spiro atoms. The standard InChI is InChI=1S/C15H19N3O2/c1-4-11-6-8-12(9-7-11)18-10(3)17-13(14(18)16)15(19)20-5-2/h6-9H,4-5,16H2,1-3H3. The average Bonchev–Trinajstić information content (AvgIpc) is 2.75. The van der Waals surface area contributed by atoms with Crippen molar-refractivity contribution in [2.24, 2.45) is 0 Å². The van der Waals surface area contributed by atoms with E-state index in [2.05, 4.69) is 11.9 Å². The third-order valence-electron chi connectivity index (χ3n) is 3.15. The second-order valence-corrected chi connectivity index (χ2v) is 4.47. The lowest BCUT2D eigenvalue weighted by Gasteiger charge is -2.08. The van der Waals surface area contributed by atoms with Crippen molar-refractivity contribution in [1.29, 1.82) is 0 Å². The molecule has 2 rings (SSSR count). The number of aromatic nitrogens is 2. The Morgan fingerprint density at radius 1 is 1.30 bits per heavy atom. The third kappa shape index (κ3) is 2.52. The minimum absolute atomic E-state index is 0.170. The Morgan fingerprint density at radius 2 is 1.95 bits per heavy atom. The number of rotatable bonds is 4. The van der Waals surface area contributed by atoms with Gasteiger partial charge in [-0.15, -0.1) is 0 Å². The molecular weight excluding hydrogens is 254 g/mol. The van der Waals surface area contributed by atoms with E-state index >= 15 is 0 Å². The maximum absolute atomic E-state index is 11.8. The van der Waals surface area contributed by atoms with Gasteiger partial charge in [0.15, 0.2) is 5.69 Å². The van der Waals surface area contributed by atoms with Crippen LogP contribution < -0.4 is 5.73 Å². The van der Waals surface area contributed by atoms with Crippen LogP contribution in [0.2, 0.25) is 0 Å². The van der Waals surface area contributed by atoms with E-state index < -0.39 is 5.97 Å². The molecule has 0 aliphatic heterocycles. The lowest BCUT2D eigenvalue weighted by atomic mass is 10.1.